The van der Waals surface area contributed by atoms with Crippen LogP contribution in [0.25, 0.3) is 22.7 Å². The normalized spacial score (nSPS) is 26.4. The van der Waals surface area contributed by atoms with E-state index in [9.17, 15) is 19.1 Å². The summed E-state index contributed by atoms with van der Waals surface area (Å²) in [5.74, 6) is -0.653. The Kier molecular flexibility index (Phi) is 6.32. The Hall–Kier alpha value is -3.84. The molecule has 3 heterocycles. The Labute approximate surface area is 219 Å². The monoisotopic (exact) mass is 515 g/mol. The van der Waals surface area contributed by atoms with Crippen LogP contribution in [-0.2, 0) is 11.3 Å². The van der Waals surface area contributed by atoms with Gasteiger partial charge < -0.3 is 19.3 Å². The van der Waals surface area contributed by atoms with E-state index in [4.69, 9.17) is 4.74 Å². The van der Waals surface area contributed by atoms with Crippen LogP contribution in [0.15, 0.2) is 60.5 Å². The molecule has 1 fully saturated rings. The van der Waals surface area contributed by atoms with Gasteiger partial charge in [-0.3, -0.25) is 5.32 Å². The molecule has 4 atom stereocenters. The first-order valence-corrected chi connectivity index (χ1v) is 12.6. The third-order valence-corrected chi connectivity index (χ3v) is 7.63. The fraction of sp³-hybridized carbons (Fsp3) is 0.310. The predicted octanol–water partition coefficient (Wildman–Crippen LogP) is 4.78. The highest BCUT2D eigenvalue weighted by atomic mass is 19.1. The zero-order chi connectivity index (χ0) is 26.4. The number of imidazole rings is 1. The van der Waals surface area contributed by atoms with Crippen molar-refractivity contribution in [1.82, 2.24) is 14.5 Å². The number of aliphatic hydroxyl groups excluding tert-OH is 1. The molecule has 7 nitrogen and oxygen atoms in total. The molecule has 9 heteroatoms. The quantitative estimate of drug-likeness (QED) is 0.386. The maximum absolute atomic E-state index is 14.8. The maximum atomic E-state index is 14.8. The lowest BCUT2D eigenvalue weighted by Gasteiger charge is -2.35. The Morgan fingerprint density at radius 2 is 2.13 bits per heavy atom. The zero-order valence-corrected chi connectivity index (χ0v) is 20.8. The van der Waals surface area contributed by atoms with Gasteiger partial charge in [0.25, 0.3) is 0 Å². The Morgan fingerprint density at radius 3 is 2.95 bits per heavy atom. The van der Waals surface area contributed by atoms with Crippen molar-refractivity contribution in [3.05, 3.63) is 83.0 Å². The number of allylic oxidation sites excluding steroid dienone is 2. The van der Waals surface area contributed by atoms with Crippen molar-refractivity contribution < 1.29 is 18.6 Å². The number of piperidine rings is 1. The lowest BCUT2D eigenvalue weighted by Crippen LogP contribution is -2.42. The van der Waals surface area contributed by atoms with Gasteiger partial charge in [0.2, 0.25) is 5.95 Å². The maximum Gasteiger partial charge on any atom is 0.217 e. The summed E-state index contributed by atoms with van der Waals surface area (Å²) in [6.07, 6.45) is 8.09. The third kappa shape index (κ3) is 4.31. The average molecular weight is 516 g/mol. The molecule has 2 unspecified atom stereocenters. The van der Waals surface area contributed by atoms with Crippen molar-refractivity contribution >= 4 is 28.6 Å². The van der Waals surface area contributed by atoms with Gasteiger partial charge in [0, 0.05) is 24.6 Å². The van der Waals surface area contributed by atoms with Crippen LogP contribution < -0.4 is 5.32 Å². The summed E-state index contributed by atoms with van der Waals surface area (Å²) in [6.45, 7) is 1.40. The van der Waals surface area contributed by atoms with E-state index in [-0.39, 0.29) is 30.2 Å². The minimum atomic E-state index is -0.604. The number of fused-ring (bicyclic) bond motifs is 3. The van der Waals surface area contributed by atoms with Gasteiger partial charge in [0.1, 0.15) is 11.6 Å². The molecule has 0 radical (unpaired) electrons. The average Bonchev–Trinajstić information content (AvgIpc) is 3.15. The number of nitrogens with one attached hydrogen (secondary N) is 1. The molecule has 1 aliphatic carbocycles. The van der Waals surface area contributed by atoms with Gasteiger partial charge in [0.15, 0.2) is 6.19 Å². The van der Waals surface area contributed by atoms with E-state index in [0.29, 0.717) is 23.6 Å². The fourth-order valence-electron chi connectivity index (χ4n) is 5.80. The van der Waals surface area contributed by atoms with E-state index in [2.05, 4.69) is 15.2 Å². The third-order valence-electron chi connectivity index (χ3n) is 7.63. The molecule has 2 aliphatic heterocycles. The van der Waals surface area contributed by atoms with E-state index in [1.54, 1.807) is 12.1 Å². The molecule has 194 valence electrons. The van der Waals surface area contributed by atoms with Gasteiger partial charge in [-0.2, -0.15) is 5.26 Å². The van der Waals surface area contributed by atoms with E-state index in [0.717, 1.165) is 35.2 Å². The number of β-amino-alcohol motifs (C(OH)–C–C–N with tert-alkyl or cyclic N) is 1. The minimum absolute atomic E-state index is 0.0453. The molecule has 0 amide bonds. The lowest BCUT2D eigenvalue weighted by molar-refractivity contribution is 0.0403. The molecule has 3 aliphatic rings. The van der Waals surface area contributed by atoms with Crippen molar-refractivity contribution in [2.75, 3.05) is 25.5 Å². The largest absolute Gasteiger partial charge is 0.390 e. The van der Waals surface area contributed by atoms with Crippen LogP contribution in [0.4, 0.5) is 14.7 Å². The highest BCUT2D eigenvalue weighted by Crippen LogP contribution is 2.40. The predicted molar refractivity (Wildman–Crippen MR) is 141 cm³/mol. The van der Waals surface area contributed by atoms with Crippen molar-refractivity contribution in [2.45, 2.75) is 31.3 Å². The first kappa shape index (κ1) is 24.5. The highest BCUT2D eigenvalue weighted by Gasteiger charge is 2.33. The van der Waals surface area contributed by atoms with Crippen LogP contribution in [0.3, 0.4) is 0 Å². The number of likely N-dealkylation sites (tertiary alicyclic amines) is 1. The SMILES string of the molecule is CN1CC[C@@H](n2c(NC#N)nc3cc(/C=C4\c5cccc(F)c5COC5C=C(F)C=CC45)ccc32)[C@H](O)C1. The second kappa shape index (κ2) is 9.80. The summed E-state index contributed by atoms with van der Waals surface area (Å²) >= 11 is 0. The van der Waals surface area contributed by atoms with Crippen LogP contribution in [-0.4, -0.2) is 51.9 Å². The van der Waals surface area contributed by atoms with E-state index >= 15 is 0 Å². The minimum Gasteiger partial charge on any atom is -0.390 e. The lowest BCUT2D eigenvalue weighted by atomic mass is 9.83. The Morgan fingerprint density at radius 1 is 1.26 bits per heavy atom. The van der Waals surface area contributed by atoms with Crippen molar-refractivity contribution in [2.24, 2.45) is 5.92 Å². The molecule has 38 heavy (non-hydrogen) atoms. The number of halogens is 2. The Balaban J connectivity index is 1.46. The number of nitrogens with zero attached hydrogens (tertiary/aromatic N) is 4. The standard InChI is InChI=1S/C29H27F2N5O2/c1-35-10-9-26(27(37)14-35)36-25-8-5-17(12-24(25)34-29(36)33-16-32)11-21-19-3-2-4-23(31)22(19)15-38-28-13-18(30)6-7-20(21)28/h2-8,11-13,20,26-28,37H,9-10,14-15H2,1H3,(H,33,34)/b21-11+/t20?,26-,27-,28?/m1/s1. The summed E-state index contributed by atoms with van der Waals surface area (Å²) < 4.78 is 36.7. The second-order valence-electron chi connectivity index (χ2n) is 10.1. The van der Waals surface area contributed by atoms with Crippen molar-refractivity contribution in [3.8, 4) is 6.19 Å². The smallest absolute Gasteiger partial charge is 0.217 e. The van der Waals surface area contributed by atoms with Gasteiger partial charge in [-0.1, -0.05) is 30.4 Å². The molecule has 2 aromatic carbocycles. The summed E-state index contributed by atoms with van der Waals surface area (Å²) in [5, 5.41) is 22.8. The molecule has 6 rings (SSSR count). The molecule has 2 N–H and O–H groups in total. The van der Waals surface area contributed by atoms with Crippen LogP contribution >= 0.6 is 0 Å². The van der Waals surface area contributed by atoms with Gasteiger partial charge in [-0.25, -0.2) is 13.8 Å². The first-order valence-electron chi connectivity index (χ1n) is 12.6. The number of hydrogen-bond acceptors (Lipinski definition) is 6. The summed E-state index contributed by atoms with van der Waals surface area (Å²) in [7, 11) is 1.97. The molecule has 0 spiro atoms. The number of nitriles is 1. The number of anilines is 1. The summed E-state index contributed by atoms with van der Waals surface area (Å²) in [5.41, 5.74) is 4.27. The first-order chi connectivity index (χ1) is 18.4. The van der Waals surface area contributed by atoms with Crippen LogP contribution in [0.1, 0.15) is 29.2 Å². The zero-order valence-electron chi connectivity index (χ0n) is 20.8. The van der Waals surface area contributed by atoms with Gasteiger partial charge >= 0.3 is 0 Å². The molecule has 1 aromatic heterocycles. The van der Waals surface area contributed by atoms with Gasteiger partial charge in [-0.15, -0.1) is 0 Å². The van der Waals surface area contributed by atoms with Crippen LogP contribution in [0.2, 0.25) is 0 Å². The van der Waals surface area contributed by atoms with E-state index in [1.807, 2.05) is 48.1 Å². The van der Waals surface area contributed by atoms with E-state index in [1.165, 1.54) is 18.2 Å². The second-order valence-corrected chi connectivity index (χ2v) is 10.1. The number of rotatable bonds is 3. The van der Waals surface area contributed by atoms with Crippen LogP contribution in [0, 0.1) is 23.2 Å². The number of benzene rings is 2. The fourth-order valence-corrected chi connectivity index (χ4v) is 5.80. The van der Waals surface area contributed by atoms with Crippen molar-refractivity contribution in [3.63, 3.8) is 0 Å². The van der Waals surface area contributed by atoms with Crippen LogP contribution in [0.5, 0.6) is 0 Å². The summed E-state index contributed by atoms with van der Waals surface area (Å²) in [4.78, 5) is 6.75. The molecule has 0 saturated carbocycles. The molecule has 3 aromatic rings. The molecular formula is C29H27F2N5O2. The van der Waals surface area contributed by atoms with Crippen molar-refractivity contribution in [1.29, 1.82) is 5.26 Å². The van der Waals surface area contributed by atoms with Gasteiger partial charge in [-0.05, 0) is 60.5 Å². The Bertz CT molecular complexity index is 1540. The highest BCUT2D eigenvalue weighted by molar-refractivity contribution is 5.89. The number of ether oxygens (including phenoxy) is 1. The topological polar surface area (TPSA) is 86.3 Å². The summed E-state index contributed by atoms with van der Waals surface area (Å²) in [6, 6.07) is 10.5. The molecule has 1 saturated heterocycles. The number of likely N-dealkylation sites (N-methyl/N-ethyl adjacent to an activating group) is 1. The molecule has 0 bridgehead atoms. The van der Waals surface area contributed by atoms with Gasteiger partial charge in [0.05, 0.1) is 35.9 Å². The number of aliphatic hydroxyl groups is 1. The van der Waals surface area contributed by atoms with E-state index < -0.39 is 12.2 Å². The number of aromatic nitrogens is 2. The number of hydrogen-bond donors (Lipinski definition) is 2. The molecular weight excluding hydrogens is 488 g/mol.